The van der Waals surface area contributed by atoms with Crippen LogP contribution in [0.15, 0.2) is 18.2 Å². The molecule has 0 saturated heterocycles. The van der Waals surface area contributed by atoms with Crippen molar-refractivity contribution in [3.63, 3.8) is 0 Å². The molecule has 17 heavy (non-hydrogen) atoms. The van der Waals surface area contributed by atoms with Crippen LogP contribution in [0.1, 0.15) is 38.2 Å². The Morgan fingerprint density at radius 3 is 2.76 bits per heavy atom. The fourth-order valence-electron chi connectivity index (χ4n) is 2.96. The third-order valence-electron chi connectivity index (χ3n) is 3.91. The first-order chi connectivity index (χ1) is 8.15. The highest BCUT2D eigenvalue weighted by molar-refractivity contribution is 6.42. The van der Waals surface area contributed by atoms with Crippen LogP contribution in [-0.2, 0) is 0 Å². The van der Waals surface area contributed by atoms with Crippen molar-refractivity contribution in [2.45, 2.75) is 38.6 Å². The smallest absolute Gasteiger partial charge is 0.0627 e. The van der Waals surface area contributed by atoms with Crippen molar-refractivity contribution in [2.75, 3.05) is 6.54 Å². The van der Waals surface area contributed by atoms with E-state index in [0.717, 1.165) is 11.6 Å². The van der Waals surface area contributed by atoms with E-state index in [4.69, 9.17) is 23.2 Å². The molecule has 1 nitrogen and oxygen atoms in total. The summed E-state index contributed by atoms with van der Waals surface area (Å²) in [5.74, 6) is 1.15. The van der Waals surface area contributed by atoms with Gasteiger partial charge in [0.15, 0.2) is 0 Å². The average Bonchev–Trinajstić information content (AvgIpc) is 2.66. The van der Waals surface area contributed by atoms with Crippen LogP contribution in [-0.4, -0.2) is 12.6 Å². The minimum atomic E-state index is 0.533. The molecule has 0 amide bonds. The second-order valence-corrected chi connectivity index (χ2v) is 5.64. The van der Waals surface area contributed by atoms with Gasteiger partial charge in [-0.15, -0.1) is 0 Å². The summed E-state index contributed by atoms with van der Waals surface area (Å²) in [7, 11) is 0. The maximum absolute atomic E-state index is 6.31. The highest BCUT2D eigenvalue weighted by Crippen LogP contribution is 2.43. The number of nitrogens with one attached hydrogen (secondary N) is 1. The lowest BCUT2D eigenvalue weighted by Gasteiger charge is -2.22. The van der Waals surface area contributed by atoms with Crippen molar-refractivity contribution in [3.8, 4) is 0 Å². The van der Waals surface area contributed by atoms with Crippen molar-refractivity contribution in [2.24, 2.45) is 5.92 Å². The van der Waals surface area contributed by atoms with Gasteiger partial charge in [0.25, 0.3) is 0 Å². The molecule has 3 atom stereocenters. The van der Waals surface area contributed by atoms with Crippen molar-refractivity contribution >= 4 is 23.2 Å². The Morgan fingerprint density at radius 2 is 2.06 bits per heavy atom. The molecule has 0 aromatic heterocycles. The van der Waals surface area contributed by atoms with E-state index in [1.54, 1.807) is 0 Å². The van der Waals surface area contributed by atoms with Gasteiger partial charge in [0.2, 0.25) is 0 Å². The van der Waals surface area contributed by atoms with E-state index in [1.165, 1.54) is 18.4 Å². The Hall–Kier alpha value is -0.240. The van der Waals surface area contributed by atoms with Gasteiger partial charge in [-0.1, -0.05) is 49.2 Å². The maximum atomic E-state index is 6.31. The monoisotopic (exact) mass is 271 g/mol. The summed E-state index contributed by atoms with van der Waals surface area (Å²) in [6, 6.07) is 6.58. The molecule has 0 bridgehead atoms. The minimum Gasteiger partial charge on any atom is -0.314 e. The van der Waals surface area contributed by atoms with Crippen LogP contribution in [0.5, 0.6) is 0 Å². The molecule has 3 unspecified atom stereocenters. The van der Waals surface area contributed by atoms with E-state index in [-0.39, 0.29) is 0 Å². The van der Waals surface area contributed by atoms with Gasteiger partial charge in [0, 0.05) is 6.04 Å². The third-order valence-corrected chi connectivity index (χ3v) is 4.74. The molecular weight excluding hydrogens is 253 g/mol. The van der Waals surface area contributed by atoms with E-state index in [2.05, 4.69) is 25.2 Å². The van der Waals surface area contributed by atoms with E-state index in [1.807, 2.05) is 12.1 Å². The molecule has 1 fully saturated rings. The number of hydrogen-bond donors (Lipinski definition) is 1. The molecule has 1 aliphatic rings. The van der Waals surface area contributed by atoms with Gasteiger partial charge in [-0.2, -0.15) is 0 Å². The number of benzene rings is 1. The summed E-state index contributed by atoms with van der Waals surface area (Å²) < 4.78 is 0. The van der Waals surface area contributed by atoms with Crippen LogP contribution in [0.2, 0.25) is 10.0 Å². The van der Waals surface area contributed by atoms with E-state index in [9.17, 15) is 0 Å². The first-order valence-corrected chi connectivity index (χ1v) is 7.08. The lowest BCUT2D eigenvalue weighted by atomic mass is 9.89. The van der Waals surface area contributed by atoms with Crippen molar-refractivity contribution in [1.82, 2.24) is 5.32 Å². The first-order valence-electron chi connectivity index (χ1n) is 6.32. The van der Waals surface area contributed by atoms with Gasteiger partial charge in [-0.3, -0.25) is 0 Å². The highest BCUT2D eigenvalue weighted by Gasteiger charge is 2.34. The second kappa shape index (κ2) is 5.60. The van der Waals surface area contributed by atoms with Crippen LogP contribution in [0.25, 0.3) is 0 Å². The second-order valence-electron chi connectivity index (χ2n) is 4.85. The summed E-state index contributed by atoms with van der Waals surface area (Å²) >= 11 is 12.4. The molecule has 94 valence electrons. The van der Waals surface area contributed by atoms with E-state index >= 15 is 0 Å². The zero-order valence-electron chi connectivity index (χ0n) is 10.3. The number of hydrogen-bond acceptors (Lipinski definition) is 1. The summed E-state index contributed by atoms with van der Waals surface area (Å²) in [4.78, 5) is 0. The summed E-state index contributed by atoms with van der Waals surface area (Å²) in [5.41, 5.74) is 1.21. The highest BCUT2D eigenvalue weighted by atomic mass is 35.5. The van der Waals surface area contributed by atoms with Crippen molar-refractivity contribution in [3.05, 3.63) is 33.8 Å². The topological polar surface area (TPSA) is 12.0 Å². The predicted octanol–water partition coefficient (Wildman–Crippen LogP) is 4.49. The molecule has 3 heteroatoms. The first kappa shape index (κ1) is 13.2. The largest absolute Gasteiger partial charge is 0.314 e. The van der Waals surface area contributed by atoms with E-state index in [0.29, 0.717) is 22.9 Å². The summed E-state index contributed by atoms with van der Waals surface area (Å²) in [6.07, 6.45) is 2.42. The number of halogens is 2. The van der Waals surface area contributed by atoms with Gasteiger partial charge < -0.3 is 5.32 Å². The van der Waals surface area contributed by atoms with Crippen LogP contribution < -0.4 is 5.32 Å². The molecule has 1 saturated carbocycles. The van der Waals surface area contributed by atoms with Gasteiger partial charge in [0.1, 0.15) is 0 Å². The van der Waals surface area contributed by atoms with Gasteiger partial charge in [-0.25, -0.2) is 0 Å². The standard InChI is InChI=1S/C14H19Cl2N/c1-3-17-13-8-7-10(9(13)2)11-5-4-6-12(15)14(11)16/h4-6,9-10,13,17H,3,7-8H2,1-2H3. The normalized spacial score (nSPS) is 28.6. The zero-order valence-corrected chi connectivity index (χ0v) is 11.9. The molecule has 1 aromatic carbocycles. The Bertz CT molecular complexity index is 392. The Morgan fingerprint density at radius 1 is 1.29 bits per heavy atom. The summed E-state index contributed by atoms with van der Waals surface area (Å²) in [6.45, 7) is 5.50. The van der Waals surface area contributed by atoms with E-state index < -0.39 is 0 Å². The predicted molar refractivity (Wildman–Crippen MR) is 75.1 cm³/mol. The molecular formula is C14H19Cl2N. The van der Waals surface area contributed by atoms with Crippen molar-refractivity contribution in [1.29, 1.82) is 0 Å². The van der Waals surface area contributed by atoms with Crippen molar-refractivity contribution < 1.29 is 0 Å². The third kappa shape index (κ3) is 2.62. The zero-order chi connectivity index (χ0) is 12.4. The van der Waals surface area contributed by atoms with Crippen LogP contribution in [0.4, 0.5) is 0 Å². The number of rotatable bonds is 3. The SMILES string of the molecule is CCNC1CCC(c2cccc(Cl)c2Cl)C1C. The van der Waals surface area contributed by atoms with Crippen LogP contribution in [0, 0.1) is 5.92 Å². The molecule has 1 N–H and O–H groups in total. The molecule has 0 heterocycles. The molecule has 0 aliphatic heterocycles. The Balaban J connectivity index is 2.21. The van der Waals surface area contributed by atoms with Gasteiger partial charge in [-0.05, 0) is 42.9 Å². The lowest BCUT2D eigenvalue weighted by molar-refractivity contribution is 0.412. The molecule has 2 rings (SSSR count). The maximum Gasteiger partial charge on any atom is 0.0627 e. The fourth-order valence-corrected chi connectivity index (χ4v) is 3.41. The van der Waals surface area contributed by atoms with Gasteiger partial charge in [0.05, 0.1) is 10.0 Å². The molecule has 0 spiro atoms. The molecule has 0 radical (unpaired) electrons. The molecule has 1 aliphatic carbocycles. The fraction of sp³-hybridized carbons (Fsp3) is 0.571. The Labute approximate surface area is 114 Å². The molecule has 1 aromatic rings. The Kier molecular flexibility index (Phi) is 4.35. The van der Waals surface area contributed by atoms with Gasteiger partial charge >= 0.3 is 0 Å². The van der Waals surface area contributed by atoms with Crippen LogP contribution in [0.3, 0.4) is 0 Å². The lowest BCUT2D eigenvalue weighted by Crippen LogP contribution is -2.32. The average molecular weight is 272 g/mol. The van der Waals surface area contributed by atoms with Crippen LogP contribution >= 0.6 is 23.2 Å². The minimum absolute atomic E-state index is 0.533. The quantitative estimate of drug-likeness (QED) is 0.855. The summed E-state index contributed by atoms with van der Waals surface area (Å²) in [5, 5.41) is 4.96.